The fraction of sp³-hybridized carbons (Fsp3) is 1.00. The van der Waals surface area contributed by atoms with Crippen molar-refractivity contribution in [1.29, 1.82) is 0 Å². The molecule has 0 radical (unpaired) electrons. The first-order chi connectivity index (χ1) is 23.8. The molecular formula is C40H77BO10. The Kier molecular flexibility index (Phi) is 16.8. The topological polar surface area (TPSA) is 113 Å². The van der Waals surface area contributed by atoms with Gasteiger partial charge in [0, 0.05) is 19.3 Å². The first kappa shape index (κ1) is 45.1. The van der Waals surface area contributed by atoms with E-state index in [9.17, 15) is 5.11 Å². The number of aliphatic hydroxyl groups is 1. The van der Waals surface area contributed by atoms with Crippen molar-refractivity contribution in [3.8, 4) is 0 Å². The molecule has 3 fully saturated rings. The Morgan fingerprint density at radius 2 is 0.980 bits per heavy atom. The fourth-order valence-electron chi connectivity index (χ4n) is 6.09. The summed E-state index contributed by atoms with van der Waals surface area (Å²) >= 11 is 0. The molecule has 0 aromatic heterocycles. The molecule has 3 aliphatic heterocycles. The van der Waals surface area contributed by atoms with Crippen LogP contribution in [0.5, 0.6) is 0 Å². The molecule has 300 valence electrons. The average Bonchev–Trinajstić information content (AvgIpc) is 3.93. The van der Waals surface area contributed by atoms with Gasteiger partial charge in [-0.15, -0.1) is 0 Å². The van der Waals surface area contributed by atoms with Crippen LogP contribution in [0.25, 0.3) is 0 Å². The van der Waals surface area contributed by atoms with E-state index in [2.05, 4.69) is 84.0 Å². The molecule has 51 heavy (non-hydrogen) atoms. The zero-order chi connectivity index (χ0) is 38.0. The van der Waals surface area contributed by atoms with Gasteiger partial charge in [0.25, 0.3) is 0 Å². The lowest BCUT2D eigenvalue weighted by molar-refractivity contribution is -0.195. The van der Waals surface area contributed by atoms with Crippen molar-refractivity contribution in [2.45, 2.75) is 186 Å². The van der Waals surface area contributed by atoms with Crippen LogP contribution in [0.1, 0.15) is 128 Å². The van der Waals surface area contributed by atoms with Gasteiger partial charge < -0.3 is 47.7 Å². The molecule has 8 atom stereocenters. The van der Waals surface area contributed by atoms with Crippen LogP contribution in [0, 0.1) is 5.41 Å². The highest BCUT2D eigenvalue weighted by molar-refractivity contribution is 6.09. The minimum absolute atomic E-state index is 0.147. The number of epoxide rings is 3. The standard InChI is InChI=1S/C40H77BO10/c1-12-36(8,16-18-47-37(9,13-2)20-32-23-44-32)50-29-40(26-42,28-48-34(4,5)15-17-46-35(6,7)19-31-22-43-31)30-51-38(10,14-3)27-49-39(11,25-41)21-33-24-45-33/h31-33,42H,12-30,41H2,1-11H3. The Morgan fingerprint density at radius 1 is 0.529 bits per heavy atom. The normalized spacial score (nSPS) is 26.4. The summed E-state index contributed by atoms with van der Waals surface area (Å²) < 4.78 is 55.9. The average molecular weight is 729 g/mol. The third-order valence-corrected chi connectivity index (χ3v) is 11.8. The lowest BCUT2D eigenvalue weighted by atomic mass is 9.84. The van der Waals surface area contributed by atoms with Crippen molar-refractivity contribution in [3.63, 3.8) is 0 Å². The molecule has 0 aromatic rings. The lowest BCUT2D eigenvalue weighted by Crippen LogP contribution is -2.49. The number of rotatable bonds is 31. The van der Waals surface area contributed by atoms with Crippen molar-refractivity contribution >= 4 is 7.85 Å². The van der Waals surface area contributed by atoms with Crippen LogP contribution in [0.4, 0.5) is 0 Å². The molecule has 1 N–H and O–H groups in total. The fourth-order valence-corrected chi connectivity index (χ4v) is 6.09. The highest BCUT2D eigenvalue weighted by atomic mass is 16.6. The Bertz CT molecular complexity index is 1020. The summed E-state index contributed by atoms with van der Waals surface area (Å²) in [4.78, 5) is 0. The van der Waals surface area contributed by atoms with E-state index in [4.69, 9.17) is 42.6 Å². The predicted octanol–water partition coefficient (Wildman–Crippen LogP) is 6.09. The van der Waals surface area contributed by atoms with E-state index in [1.807, 2.05) is 0 Å². The van der Waals surface area contributed by atoms with Crippen LogP contribution < -0.4 is 0 Å². The van der Waals surface area contributed by atoms with Crippen LogP contribution in [-0.2, 0) is 42.6 Å². The molecule has 11 heteroatoms. The minimum atomic E-state index is -0.800. The third-order valence-electron chi connectivity index (χ3n) is 11.8. The van der Waals surface area contributed by atoms with Gasteiger partial charge in [0.2, 0.25) is 0 Å². The van der Waals surface area contributed by atoms with Gasteiger partial charge in [0.05, 0.1) is 123 Å². The Hall–Kier alpha value is -0.335. The molecule has 3 heterocycles. The van der Waals surface area contributed by atoms with Crippen molar-refractivity contribution in [3.05, 3.63) is 0 Å². The summed E-state index contributed by atoms with van der Waals surface area (Å²) in [5.74, 6) is 0. The van der Waals surface area contributed by atoms with Gasteiger partial charge in [0.15, 0.2) is 0 Å². The second-order valence-corrected chi connectivity index (χ2v) is 18.2. The van der Waals surface area contributed by atoms with Gasteiger partial charge in [-0.2, -0.15) is 0 Å². The number of hydrogen-bond acceptors (Lipinski definition) is 10. The second-order valence-electron chi connectivity index (χ2n) is 18.2. The van der Waals surface area contributed by atoms with Crippen molar-refractivity contribution in [1.82, 2.24) is 0 Å². The van der Waals surface area contributed by atoms with Gasteiger partial charge in [-0.25, -0.2) is 0 Å². The van der Waals surface area contributed by atoms with Gasteiger partial charge in [0.1, 0.15) is 7.85 Å². The van der Waals surface area contributed by atoms with Crippen molar-refractivity contribution < 1.29 is 47.7 Å². The van der Waals surface area contributed by atoms with Gasteiger partial charge >= 0.3 is 0 Å². The number of aliphatic hydroxyl groups excluding tert-OH is 1. The molecule has 0 bridgehead atoms. The Morgan fingerprint density at radius 3 is 1.47 bits per heavy atom. The Labute approximate surface area is 312 Å². The summed E-state index contributed by atoms with van der Waals surface area (Å²) in [6, 6.07) is 0. The summed E-state index contributed by atoms with van der Waals surface area (Å²) in [7, 11) is 2.16. The van der Waals surface area contributed by atoms with E-state index in [1.165, 1.54) is 0 Å². The van der Waals surface area contributed by atoms with Crippen molar-refractivity contribution in [2.75, 3.05) is 66.1 Å². The minimum Gasteiger partial charge on any atom is -0.396 e. The molecule has 0 aliphatic carbocycles. The maximum absolute atomic E-state index is 11.1. The molecule has 8 unspecified atom stereocenters. The Balaban J connectivity index is 1.67. The zero-order valence-electron chi connectivity index (χ0n) is 34.8. The maximum atomic E-state index is 11.1. The quantitative estimate of drug-likeness (QED) is 0.0666. The number of hydrogen-bond donors (Lipinski definition) is 1. The van der Waals surface area contributed by atoms with Crippen LogP contribution in [0.2, 0.25) is 6.32 Å². The molecule has 3 aliphatic rings. The number of ether oxygens (including phenoxy) is 9. The summed E-state index contributed by atoms with van der Waals surface area (Å²) in [5, 5.41) is 11.1. The SMILES string of the molecule is BCC(C)(CC1CO1)OCC(C)(CC)OCC(CO)(COC(C)(C)CCOC(C)(C)CC1CO1)COC(C)(CC)CCOC(C)(CC)CC1CO1. The third kappa shape index (κ3) is 16.5. The van der Waals surface area contributed by atoms with Crippen LogP contribution >= 0.6 is 0 Å². The predicted molar refractivity (Wildman–Crippen MR) is 204 cm³/mol. The van der Waals surface area contributed by atoms with Gasteiger partial charge in [-0.1, -0.05) is 27.1 Å². The molecule has 10 nitrogen and oxygen atoms in total. The highest BCUT2D eigenvalue weighted by Gasteiger charge is 2.41. The highest BCUT2D eigenvalue weighted by Crippen LogP contribution is 2.35. The van der Waals surface area contributed by atoms with Gasteiger partial charge in [-0.3, -0.25) is 0 Å². The first-order valence-corrected chi connectivity index (χ1v) is 20.1. The van der Waals surface area contributed by atoms with Crippen molar-refractivity contribution in [2.24, 2.45) is 5.41 Å². The van der Waals surface area contributed by atoms with E-state index in [0.717, 1.165) is 71.1 Å². The van der Waals surface area contributed by atoms with Crippen LogP contribution in [0.3, 0.4) is 0 Å². The molecular weight excluding hydrogens is 651 g/mol. The molecule has 0 aromatic carbocycles. The van der Waals surface area contributed by atoms with E-state index in [1.54, 1.807) is 0 Å². The van der Waals surface area contributed by atoms with E-state index < -0.39 is 22.2 Å². The molecule has 3 saturated heterocycles. The van der Waals surface area contributed by atoms with Gasteiger partial charge in [-0.05, 0) is 87.5 Å². The summed E-state index contributed by atoms with van der Waals surface area (Å²) in [6.07, 6.45) is 8.41. The maximum Gasteiger partial charge on any atom is 0.105 e. The molecule has 0 spiro atoms. The zero-order valence-corrected chi connectivity index (χ0v) is 34.8. The summed E-state index contributed by atoms with van der Waals surface area (Å²) in [6.45, 7) is 28.1. The smallest absolute Gasteiger partial charge is 0.105 e. The van der Waals surface area contributed by atoms with Crippen LogP contribution in [-0.4, -0.2) is 131 Å². The van der Waals surface area contributed by atoms with E-state index in [-0.39, 0.29) is 49.3 Å². The second kappa shape index (κ2) is 19.0. The molecule has 0 amide bonds. The monoisotopic (exact) mass is 729 g/mol. The molecule has 0 saturated carbocycles. The molecule has 3 rings (SSSR count). The van der Waals surface area contributed by atoms with Crippen LogP contribution in [0.15, 0.2) is 0 Å². The summed E-state index contributed by atoms with van der Waals surface area (Å²) in [5.41, 5.74) is -3.04. The first-order valence-electron chi connectivity index (χ1n) is 20.1. The largest absolute Gasteiger partial charge is 0.396 e. The van der Waals surface area contributed by atoms with E-state index >= 15 is 0 Å². The van der Waals surface area contributed by atoms with E-state index in [0.29, 0.717) is 38.4 Å². The lowest BCUT2D eigenvalue weighted by Gasteiger charge is -2.42.